The minimum atomic E-state index is 0.159. The summed E-state index contributed by atoms with van der Waals surface area (Å²) in [5.74, 6) is 5.02. The largest absolute Gasteiger partial charge is 0.324 e. The average molecular weight is 223 g/mol. The van der Waals surface area contributed by atoms with E-state index in [9.17, 15) is 0 Å². The highest BCUT2D eigenvalue weighted by Crippen LogP contribution is 2.06. The van der Waals surface area contributed by atoms with E-state index in [-0.39, 0.29) is 6.04 Å². The molecule has 0 radical (unpaired) electrons. The van der Waals surface area contributed by atoms with Gasteiger partial charge in [-0.1, -0.05) is 50.1 Å². The van der Waals surface area contributed by atoms with Crippen LogP contribution in [0, 0.1) is 0 Å². The van der Waals surface area contributed by atoms with E-state index in [1.165, 1.54) is 24.8 Å². The fraction of sp³-hybridized carbons (Fsp3) is 0.538. The SMILES string of the molecule is CC(N)c1ccccc1.CCCCCNN. The lowest BCUT2D eigenvalue weighted by Crippen LogP contribution is -2.22. The van der Waals surface area contributed by atoms with Gasteiger partial charge < -0.3 is 5.73 Å². The Balaban J connectivity index is 0.000000293. The van der Waals surface area contributed by atoms with Crippen molar-refractivity contribution in [3.8, 4) is 0 Å². The van der Waals surface area contributed by atoms with Crippen molar-refractivity contribution in [3.63, 3.8) is 0 Å². The number of hydrogen-bond acceptors (Lipinski definition) is 3. The Hall–Kier alpha value is -0.900. The fourth-order valence-electron chi connectivity index (χ4n) is 1.23. The number of unbranched alkanes of at least 4 members (excludes halogenated alkanes) is 2. The molecule has 1 rings (SSSR count). The van der Waals surface area contributed by atoms with E-state index in [2.05, 4.69) is 12.3 Å². The standard InChI is InChI=1S/C8H11N.C5H14N2/c1-7(9)8-5-3-2-4-6-8;1-2-3-4-5-7-6/h2-7H,9H2,1H3;7H,2-6H2,1H3. The summed E-state index contributed by atoms with van der Waals surface area (Å²) in [5.41, 5.74) is 9.41. The number of hydrazine groups is 1. The summed E-state index contributed by atoms with van der Waals surface area (Å²) in [5, 5.41) is 0. The van der Waals surface area contributed by atoms with Crippen molar-refractivity contribution in [2.75, 3.05) is 6.54 Å². The molecule has 92 valence electrons. The van der Waals surface area contributed by atoms with E-state index in [1.807, 2.05) is 37.3 Å². The molecule has 0 fully saturated rings. The molecule has 5 N–H and O–H groups in total. The maximum absolute atomic E-state index is 5.61. The monoisotopic (exact) mass is 223 g/mol. The molecule has 0 heterocycles. The average Bonchev–Trinajstić information content (AvgIpc) is 2.32. The Labute approximate surface area is 99.2 Å². The molecule has 0 aliphatic heterocycles. The molecule has 1 aromatic carbocycles. The van der Waals surface area contributed by atoms with Gasteiger partial charge >= 0.3 is 0 Å². The van der Waals surface area contributed by atoms with E-state index in [0.29, 0.717) is 0 Å². The lowest BCUT2D eigenvalue weighted by molar-refractivity contribution is 0.637. The van der Waals surface area contributed by atoms with Crippen molar-refractivity contribution < 1.29 is 0 Å². The van der Waals surface area contributed by atoms with E-state index in [1.54, 1.807) is 0 Å². The Kier molecular flexibility index (Phi) is 10.0. The molecule has 1 aromatic rings. The van der Waals surface area contributed by atoms with Crippen LogP contribution in [0.4, 0.5) is 0 Å². The summed E-state index contributed by atoms with van der Waals surface area (Å²) >= 11 is 0. The number of nitrogens with two attached hydrogens (primary N) is 2. The minimum Gasteiger partial charge on any atom is -0.324 e. The second kappa shape index (κ2) is 10.6. The zero-order valence-electron chi connectivity index (χ0n) is 10.4. The molecule has 0 spiro atoms. The number of nitrogens with one attached hydrogen (secondary N) is 1. The molecule has 0 aromatic heterocycles. The predicted octanol–water partition coefficient (Wildman–Crippen LogP) is 2.35. The molecule has 0 aliphatic rings. The molecule has 1 unspecified atom stereocenters. The van der Waals surface area contributed by atoms with Crippen molar-refractivity contribution in [1.82, 2.24) is 5.43 Å². The molecule has 0 amide bonds. The lowest BCUT2D eigenvalue weighted by Gasteiger charge is -2.02. The van der Waals surface area contributed by atoms with Crippen LogP contribution in [0.1, 0.15) is 44.7 Å². The van der Waals surface area contributed by atoms with Crippen LogP contribution in [0.2, 0.25) is 0 Å². The smallest absolute Gasteiger partial charge is 0.0266 e. The lowest BCUT2D eigenvalue weighted by atomic mass is 10.1. The highest BCUT2D eigenvalue weighted by atomic mass is 15.2. The van der Waals surface area contributed by atoms with Gasteiger partial charge in [-0.2, -0.15) is 0 Å². The van der Waals surface area contributed by atoms with Gasteiger partial charge in [0, 0.05) is 12.6 Å². The Morgan fingerprint density at radius 2 is 1.81 bits per heavy atom. The molecule has 1 atom stereocenters. The first kappa shape index (κ1) is 15.1. The van der Waals surface area contributed by atoms with Gasteiger partial charge in [0.05, 0.1) is 0 Å². The first-order valence-corrected chi connectivity index (χ1v) is 5.96. The summed E-state index contributed by atoms with van der Waals surface area (Å²) in [6.07, 6.45) is 3.75. The van der Waals surface area contributed by atoms with Crippen LogP contribution in [-0.2, 0) is 0 Å². The molecule has 16 heavy (non-hydrogen) atoms. The second-order valence-corrected chi connectivity index (χ2v) is 3.86. The van der Waals surface area contributed by atoms with Crippen LogP contribution in [0.3, 0.4) is 0 Å². The van der Waals surface area contributed by atoms with E-state index in [4.69, 9.17) is 11.6 Å². The molecule has 0 bridgehead atoms. The number of rotatable bonds is 5. The van der Waals surface area contributed by atoms with Crippen LogP contribution >= 0.6 is 0 Å². The van der Waals surface area contributed by atoms with E-state index < -0.39 is 0 Å². The Bertz CT molecular complexity index is 230. The summed E-state index contributed by atoms with van der Waals surface area (Å²) in [7, 11) is 0. The first-order chi connectivity index (χ1) is 7.72. The minimum absolute atomic E-state index is 0.159. The van der Waals surface area contributed by atoms with Crippen molar-refractivity contribution in [2.24, 2.45) is 11.6 Å². The molecule has 0 saturated carbocycles. The number of hydrogen-bond donors (Lipinski definition) is 3. The molecule has 0 aliphatic carbocycles. The summed E-state index contributed by atoms with van der Waals surface area (Å²) in [6.45, 7) is 5.11. The van der Waals surface area contributed by atoms with Gasteiger partial charge in [0.15, 0.2) is 0 Å². The Morgan fingerprint density at radius 1 is 1.19 bits per heavy atom. The highest BCUT2D eigenvalue weighted by molar-refractivity contribution is 5.17. The normalized spacial score (nSPS) is 11.5. The van der Waals surface area contributed by atoms with Crippen molar-refractivity contribution in [3.05, 3.63) is 35.9 Å². The van der Waals surface area contributed by atoms with Crippen LogP contribution in [0.15, 0.2) is 30.3 Å². The van der Waals surface area contributed by atoms with Gasteiger partial charge in [0.25, 0.3) is 0 Å². The molecule has 3 nitrogen and oxygen atoms in total. The predicted molar refractivity (Wildman–Crippen MR) is 70.8 cm³/mol. The molecular weight excluding hydrogens is 198 g/mol. The van der Waals surface area contributed by atoms with Crippen LogP contribution in [-0.4, -0.2) is 6.54 Å². The number of benzene rings is 1. The Morgan fingerprint density at radius 3 is 2.19 bits per heavy atom. The van der Waals surface area contributed by atoms with Crippen LogP contribution in [0.25, 0.3) is 0 Å². The first-order valence-electron chi connectivity index (χ1n) is 5.96. The third kappa shape index (κ3) is 8.41. The van der Waals surface area contributed by atoms with Crippen molar-refractivity contribution in [1.29, 1.82) is 0 Å². The van der Waals surface area contributed by atoms with Crippen molar-refractivity contribution in [2.45, 2.75) is 39.2 Å². The molecular formula is C13H25N3. The molecule has 3 heteroatoms. The van der Waals surface area contributed by atoms with Crippen LogP contribution in [0.5, 0.6) is 0 Å². The highest BCUT2D eigenvalue weighted by Gasteiger charge is 1.93. The zero-order valence-corrected chi connectivity index (χ0v) is 10.4. The van der Waals surface area contributed by atoms with E-state index >= 15 is 0 Å². The maximum atomic E-state index is 5.61. The van der Waals surface area contributed by atoms with Gasteiger partial charge in [-0.15, -0.1) is 0 Å². The van der Waals surface area contributed by atoms with E-state index in [0.717, 1.165) is 6.54 Å². The summed E-state index contributed by atoms with van der Waals surface area (Å²) < 4.78 is 0. The van der Waals surface area contributed by atoms with Gasteiger partial charge in [-0.05, 0) is 18.9 Å². The van der Waals surface area contributed by atoms with Crippen LogP contribution < -0.4 is 17.0 Å². The van der Waals surface area contributed by atoms with Crippen molar-refractivity contribution >= 4 is 0 Å². The van der Waals surface area contributed by atoms with Gasteiger partial charge in [0.2, 0.25) is 0 Å². The van der Waals surface area contributed by atoms with Gasteiger partial charge in [-0.3, -0.25) is 11.3 Å². The summed E-state index contributed by atoms with van der Waals surface area (Å²) in [6, 6.07) is 10.2. The second-order valence-electron chi connectivity index (χ2n) is 3.86. The third-order valence-corrected chi connectivity index (χ3v) is 2.25. The quantitative estimate of drug-likeness (QED) is 0.408. The zero-order chi connectivity index (χ0) is 12.2. The van der Waals surface area contributed by atoms with Gasteiger partial charge in [0.1, 0.15) is 0 Å². The fourth-order valence-corrected chi connectivity index (χ4v) is 1.23. The van der Waals surface area contributed by atoms with Gasteiger partial charge in [-0.25, -0.2) is 0 Å². The summed E-state index contributed by atoms with van der Waals surface area (Å²) in [4.78, 5) is 0. The topological polar surface area (TPSA) is 64.1 Å². The maximum Gasteiger partial charge on any atom is 0.0266 e. The molecule has 0 saturated heterocycles. The third-order valence-electron chi connectivity index (χ3n) is 2.25.